The third kappa shape index (κ3) is 6.97. The van der Waals surface area contributed by atoms with E-state index in [1.165, 1.54) is 51.9 Å². The summed E-state index contributed by atoms with van der Waals surface area (Å²) < 4.78 is 42.6. The van der Waals surface area contributed by atoms with Gasteiger partial charge in [0.25, 0.3) is 0 Å². The topological polar surface area (TPSA) is 102 Å². The van der Waals surface area contributed by atoms with Crippen molar-refractivity contribution in [3.8, 4) is 22.8 Å². The Bertz CT molecular complexity index is 1650. The number of aryl methyl sites for hydroxylation is 2. The third-order valence-electron chi connectivity index (χ3n) is 6.27. The van der Waals surface area contributed by atoms with E-state index in [0.29, 0.717) is 29.6 Å². The molecular formula is C29H25F3N6O3S. The van der Waals surface area contributed by atoms with Crippen LogP contribution in [0.2, 0.25) is 0 Å². The number of urea groups is 1. The molecule has 0 bridgehead atoms. The van der Waals surface area contributed by atoms with E-state index in [1.54, 1.807) is 0 Å². The summed E-state index contributed by atoms with van der Waals surface area (Å²) in [6, 6.07) is 18.1. The lowest BCUT2D eigenvalue weighted by Gasteiger charge is -2.19. The Morgan fingerprint density at radius 2 is 1.88 bits per heavy atom. The number of anilines is 1. The number of hydrogen-bond acceptors (Lipinski definition) is 6. The highest BCUT2D eigenvalue weighted by Gasteiger charge is 2.32. The van der Waals surface area contributed by atoms with Crippen LogP contribution in [0.5, 0.6) is 5.75 Å². The molecule has 0 saturated carbocycles. The zero-order valence-corrected chi connectivity index (χ0v) is 23.4. The molecule has 1 aliphatic heterocycles. The number of aliphatic imine (C=N–C) groups is 1. The fraction of sp³-hybridized carbons (Fsp3) is 0.207. The predicted molar refractivity (Wildman–Crippen MR) is 154 cm³/mol. The number of benzene rings is 3. The number of nitrogens with zero attached hydrogens (tertiary/aromatic N) is 5. The lowest BCUT2D eigenvalue weighted by Crippen LogP contribution is -2.32. The van der Waals surface area contributed by atoms with Gasteiger partial charge in [0, 0.05) is 12.1 Å². The highest BCUT2D eigenvalue weighted by Crippen LogP contribution is 2.30. The van der Waals surface area contributed by atoms with Crippen molar-refractivity contribution in [3.63, 3.8) is 0 Å². The molecule has 1 N–H and O–H groups in total. The van der Waals surface area contributed by atoms with Gasteiger partial charge in [0.05, 0.1) is 17.1 Å². The van der Waals surface area contributed by atoms with Gasteiger partial charge in [-0.25, -0.2) is 14.5 Å². The Morgan fingerprint density at radius 3 is 2.64 bits per heavy atom. The van der Waals surface area contributed by atoms with E-state index in [1.807, 2.05) is 56.3 Å². The first-order valence-electron chi connectivity index (χ1n) is 12.8. The van der Waals surface area contributed by atoms with E-state index in [9.17, 15) is 22.8 Å². The molecule has 0 unspecified atom stereocenters. The van der Waals surface area contributed by atoms with Crippen LogP contribution in [0, 0.1) is 13.8 Å². The molecule has 1 aliphatic rings. The molecular weight excluding hydrogens is 569 g/mol. The van der Waals surface area contributed by atoms with E-state index in [2.05, 4.69) is 25.1 Å². The number of thioether (sulfide) groups is 1. The Kier molecular flexibility index (Phi) is 8.29. The lowest BCUT2D eigenvalue weighted by molar-refractivity contribution is -0.274. The first-order valence-corrected chi connectivity index (χ1v) is 13.8. The smallest absolute Gasteiger partial charge is 0.406 e. The van der Waals surface area contributed by atoms with Gasteiger partial charge < -0.3 is 10.1 Å². The molecule has 3 aromatic carbocycles. The maximum absolute atomic E-state index is 12.6. The molecule has 9 nitrogen and oxygen atoms in total. The normalized spacial score (nSPS) is 14.5. The van der Waals surface area contributed by atoms with Crippen LogP contribution in [0.1, 0.15) is 16.7 Å². The number of ether oxygens (including phenoxy) is 1. The molecule has 0 atom stereocenters. The van der Waals surface area contributed by atoms with E-state index < -0.39 is 12.4 Å². The summed E-state index contributed by atoms with van der Waals surface area (Å²) in [7, 11) is 0. The number of carbonyl (C=O) groups is 2. The summed E-state index contributed by atoms with van der Waals surface area (Å²) in [5, 5.41) is 7.56. The molecule has 42 heavy (non-hydrogen) atoms. The number of carbonyl (C=O) groups excluding carboxylic acids is 2. The van der Waals surface area contributed by atoms with Crippen LogP contribution in [0.4, 0.5) is 23.7 Å². The van der Waals surface area contributed by atoms with Gasteiger partial charge in [0.2, 0.25) is 5.91 Å². The Labute approximate surface area is 243 Å². The van der Waals surface area contributed by atoms with Crippen LogP contribution in [-0.2, 0) is 11.2 Å². The van der Waals surface area contributed by atoms with E-state index in [4.69, 9.17) is 0 Å². The Hall–Kier alpha value is -4.65. The van der Waals surface area contributed by atoms with Crippen molar-refractivity contribution in [2.24, 2.45) is 4.99 Å². The summed E-state index contributed by atoms with van der Waals surface area (Å²) in [4.78, 5) is 35.1. The maximum atomic E-state index is 12.6. The molecule has 3 amide bonds. The van der Waals surface area contributed by atoms with Crippen LogP contribution in [0.15, 0.2) is 78.0 Å². The van der Waals surface area contributed by atoms with Crippen molar-refractivity contribution in [2.45, 2.75) is 26.6 Å². The van der Waals surface area contributed by atoms with Crippen molar-refractivity contribution in [3.05, 3.63) is 89.7 Å². The van der Waals surface area contributed by atoms with Crippen LogP contribution < -0.4 is 15.0 Å². The molecule has 1 fully saturated rings. The summed E-state index contributed by atoms with van der Waals surface area (Å²) in [6.45, 7) is 4.16. The monoisotopic (exact) mass is 594 g/mol. The van der Waals surface area contributed by atoms with Crippen LogP contribution in [-0.4, -0.2) is 50.5 Å². The lowest BCUT2D eigenvalue weighted by atomic mass is 10.1. The molecule has 5 rings (SSSR count). The summed E-state index contributed by atoms with van der Waals surface area (Å²) in [5.41, 5.74) is 4.81. The van der Waals surface area contributed by atoms with Gasteiger partial charge >= 0.3 is 12.4 Å². The van der Waals surface area contributed by atoms with Crippen LogP contribution >= 0.6 is 11.8 Å². The SMILES string of the molecule is Cc1ccc(C)c(N2C(=O)CSC2=NC(=O)NCCc2cccc(-c3ncn(-c4ccc(OC(F)(F)F)cc4)n3)c2)c1. The molecule has 2 heterocycles. The number of halogens is 3. The second kappa shape index (κ2) is 12.1. The number of hydrogen-bond donors (Lipinski definition) is 1. The molecule has 216 valence electrons. The predicted octanol–water partition coefficient (Wildman–Crippen LogP) is 5.84. The minimum atomic E-state index is -4.76. The molecule has 4 aromatic rings. The van der Waals surface area contributed by atoms with Gasteiger partial charge in [-0.15, -0.1) is 18.3 Å². The van der Waals surface area contributed by atoms with E-state index in [0.717, 1.165) is 27.9 Å². The average molecular weight is 595 g/mol. The van der Waals surface area contributed by atoms with E-state index in [-0.39, 0.29) is 17.4 Å². The molecule has 0 radical (unpaired) electrons. The van der Waals surface area contributed by atoms with Gasteiger partial charge in [0.1, 0.15) is 12.1 Å². The van der Waals surface area contributed by atoms with Gasteiger partial charge in [-0.2, -0.15) is 4.99 Å². The summed E-state index contributed by atoms with van der Waals surface area (Å²) in [5.74, 6) is 0.193. The van der Waals surface area contributed by atoms with Crippen molar-refractivity contribution in [1.29, 1.82) is 0 Å². The number of rotatable bonds is 7. The minimum absolute atomic E-state index is 0.124. The number of amidine groups is 1. The second-order valence-electron chi connectivity index (χ2n) is 9.44. The third-order valence-corrected chi connectivity index (χ3v) is 7.19. The van der Waals surface area contributed by atoms with Crippen molar-refractivity contribution < 1.29 is 27.5 Å². The number of aromatic nitrogens is 3. The average Bonchev–Trinajstić information content (AvgIpc) is 3.57. The Morgan fingerprint density at radius 1 is 1.10 bits per heavy atom. The fourth-order valence-corrected chi connectivity index (χ4v) is 5.13. The molecule has 0 aliphatic carbocycles. The number of nitrogens with one attached hydrogen (secondary N) is 1. The quantitative estimate of drug-likeness (QED) is 0.289. The standard InChI is InChI=1S/C29H25F3N6O3S/c1-18-6-7-19(2)24(14-18)38-25(39)16-42-28(38)35-27(40)33-13-12-20-4-3-5-21(15-20)26-34-17-37(36-26)22-8-10-23(11-9-22)41-29(30,31)32/h3-11,14-15,17H,12-13,16H2,1-2H3,(H,33,40). The van der Waals surface area contributed by atoms with Gasteiger partial charge in [0.15, 0.2) is 11.0 Å². The zero-order chi connectivity index (χ0) is 29.9. The minimum Gasteiger partial charge on any atom is -0.406 e. The number of amides is 3. The second-order valence-corrected chi connectivity index (χ2v) is 10.4. The van der Waals surface area contributed by atoms with Crippen molar-refractivity contribution in [1.82, 2.24) is 20.1 Å². The van der Waals surface area contributed by atoms with Crippen molar-refractivity contribution >= 4 is 34.6 Å². The summed E-state index contributed by atoms with van der Waals surface area (Å²) >= 11 is 1.23. The summed E-state index contributed by atoms with van der Waals surface area (Å²) in [6.07, 6.45) is -2.78. The van der Waals surface area contributed by atoms with Crippen LogP contribution in [0.25, 0.3) is 17.1 Å². The number of alkyl halides is 3. The molecule has 13 heteroatoms. The van der Waals surface area contributed by atoms with Gasteiger partial charge in [-0.05, 0) is 73.4 Å². The fourth-order valence-electron chi connectivity index (χ4n) is 4.27. The van der Waals surface area contributed by atoms with Gasteiger partial charge in [-0.1, -0.05) is 42.1 Å². The largest absolute Gasteiger partial charge is 0.573 e. The van der Waals surface area contributed by atoms with Gasteiger partial charge in [-0.3, -0.25) is 9.69 Å². The van der Waals surface area contributed by atoms with E-state index >= 15 is 0 Å². The van der Waals surface area contributed by atoms with Crippen LogP contribution in [0.3, 0.4) is 0 Å². The maximum Gasteiger partial charge on any atom is 0.573 e. The first-order chi connectivity index (χ1) is 20.1. The zero-order valence-electron chi connectivity index (χ0n) is 22.6. The highest BCUT2D eigenvalue weighted by molar-refractivity contribution is 8.15. The molecule has 1 aromatic heterocycles. The molecule has 0 spiro atoms. The highest BCUT2D eigenvalue weighted by atomic mass is 32.2. The van der Waals surface area contributed by atoms with Crippen molar-refractivity contribution in [2.75, 3.05) is 17.2 Å². The Balaban J connectivity index is 1.20. The molecule has 1 saturated heterocycles. The first kappa shape index (κ1) is 28.9.